The van der Waals surface area contributed by atoms with Crippen LogP contribution in [0.15, 0.2) is 0 Å². The van der Waals surface area contributed by atoms with Gasteiger partial charge in [-0.2, -0.15) is 5.26 Å². The summed E-state index contributed by atoms with van der Waals surface area (Å²) in [5.41, 5.74) is 0.415. The van der Waals surface area contributed by atoms with Crippen molar-refractivity contribution in [1.29, 1.82) is 5.26 Å². The van der Waals surface area contributed by atoms with Gasteiger partial charge in [-0.25, -0.2) is 9.59 Å². The van der Waals surface area contributed by atoms with Crippen molar-refractivity contribution in [3.8, 4) is 6.07 Å². The van der Waals surface area contributed by atoms with Crippen molar-refractivity contribution < 1.29 is 23.9 Å². The standard InChI is InChI=1S/C20H27N3O5/c1-12(2)28-18(25)16-13(3)17(22-14(16)4)19(26)27-10-15(24)23-20(11-21)8-6-5-7-9-20/h12,22H,5-10H2,1-4H3,(H,23,24). The second kappa shape index (κ2) is 8.91. The number of nitrogens with zero attached hydrogens (tertiary/aromatic N) is 1. The van der Waals surface area contributed by atoms with Crippen LogP contribution in [0.2, 0.25) is 0 Å². The van der Waals surface area contributed by atoms with Gasteiger partial charge >= 0.3 is 11.9 Å². The van der Waals surface area contributed by atoms with Crippen molar-refractivity contribution in [2.75, 3.05) is 6.61 Å². The molecule has 1 aliphatic rings. The smallest absolute Gasteiger partial charge is 0.355 e. The van der Waals surface area contributed by atoms with E-state index in [4.69, 9.17) is 9.47 Å². The van der Waals surface area contributed by atoms with Gasteiger partial charge in [-0.1, -0.05) is 19.3 Å². The van der Waals surface area contributed by atoms with E-state index in [-0.39, 0.29) is 17.4 Å². The van der Waals surface area contributed by atoms with Gasteiger partial charge in [0.15, 0.2) is 6.61 Å². The second-order valence-electron chi connectivity index (χ2n) is 7.46. The van der Waals surface area contributed by atoms with E-state index >= 15 is 0 Å². The Labute approximate surface area is 164 Å². The summed E-state index contributed by atoms with van der Waals surface area (Å²) < 4.78 is 10.3. The average molecular weight is 389 g/mol. The maximum atomic E-state index is 12.4. The van der Waals surface area contributed by atoms with Gasteiger partial charge in [0.2, 0.25) is 0 Å². The molecule has 2 N–H and O–H groups in total. The lowest BCUT2D eigenvalue weighted by molar-refractivity contribution is -0.125. The molecule has 2 rings (SSSR count). The van der Waals surface area contributed by atoms with Gasteiger partial charge in [0.25, 0.3) is 5.91 Å². The Morgan fingerprint density at radius 3 is 2.39 bits per heavy atom. The van der Waals surface area contributed by atoms with E-state index in [1.54, 1.807) is 27.7 Å². The molecule has 0 aromatic carbocycles. The van der Waals surface area contributed by atoms with Gasteiger partial charge in [0.05, 0.1) is 17.7 Å². The maximum absolute atomic E-state index is 12.4. The summed E-state index contributed by atoms with van der Waals surface area (Å²) in [6, 6.07) is 2.19. The molecule has 1 saturated carbocycles. The number of rotatable bonds is 6. The van der Waals surface area contributed by atoms with Gasteiger partial charge in [-0.15, -0.1) is 0 Å². The van der Waals surface area contributed by atoms with Crippen LogP contribution in [0.4, 0.5) is 0 Å². The number of esters is 2. The van der Waals surface area contributed by atoms with Crippen LogP contribution in [0, 0.1) is 25.2 Å². The normalized spacial score (nSPS) is 15.6. The minimum absolute atomic E-state index is 0.105. The van der Waals surface area contributed by atoms with Crippen LogP contribution in [-0.4, -0.2) is 41.1 Å². The van der Waals surface area contributed by atoms with Crippen molar-refractivity contribution in [3.05, 3.63) is 22.5 Å². The van der Waals surface area contributed by atoms with Crippen LogP contribution in [0.3, 0.4) is 0 Å². The van der Waals surface area contributed by atoms with E-state index < -0.39 is 30.0 Å². The molecule has 0 spiro atoms. The third-order valence-electron chi connectivity index (χ3n) is 4.82. The average Bonchev–Trinajstić information content (AvgIpc) is 2.94. The fourth-order valence-corrected chi connectivity index (χ4v) is 3.46. The summed E-state index contributed by atoms with van der Waals surface area (Å²) >= 11 is 0. The number of hydrogen-bond acceptors (Lipinski definition) is 6. The number of H-pyrrole nitrogens is 1. The van der Waals surface area contributed by atoms with Gasteiger partial charge in [0, 0.05) is 5.69 Å². The molecule has 1 fully saturated rings. The molecule has 0 radical (unpaired) electrons. The lowest BCUT2D eigenvalue weighted by Gasteiger charge is -2.31. The largest absolute Gasteiger partial charge is 0.459 e. The van der Waals surface area contributed by atoms with Crippen molar-refractivity contribution in [2.24, 2.45) is 0 Å². The third-order valence-corrected chi connectivity index (χ3v) is 4.82. The van der Waals surface area contributed by atoms with Gasteiger partial charge < -0.3 is 19.8 Å². The van der Waals surface area contributed by atoms with Crippen LogP contribution in [0.5, 0.6) is 0 Å². The number of aromatic amines is 1. The number of aryl methyl sites for hydroxylation is 1. The molecule has 1 amide bonds. The lowest BCUT2D eigenvalue weighted by atomic mass is 9.83. The molecule has 0 aliphatic heterocycles. The Morgan fingerprint density at radius 1 is 1.18 bits per heavy atom. The number of aromatic nitrogens is 1. The summed E-state index contributed by atoms with van der Waals surface area (Å²) in [5, 5.41) is 12.1. The Hall–Kier alpha value is -2.82. The first-order valence-electron chi connectivity index (χ1n) is 9.48. The Balaban J connectivity index is 2.00. The van der Waals surface area contributed by atoms with E-state index in [1.165, 1.54) is 0 Å². The first-order chi connectivity index (χ1) is 13.2. The lowest BCUT2D eigenvalue weighted by Crippen LogP contribution is -2.50. The summed E-state index contributed by atoms with van der Waals surface area (Å²) in [6.45, 7) is 6.26. The van der Waals surface area contributed by atoms with Crippen LogP contribution in [0.25, 0.3) is 0 Å². The molecular weight excluding hydrogens is 362 g/mol. The fourth-order valence-electron chi connectivity index (χ4n) is 3.46. The summed E-state index contributed by atoms with van der Waals surface area (Å²) in [6.07, 6.45) is 3.71. The molecule has 152 valence electrons. The summed E-state index contributed by atoms with van der Waals surface area (Å²) in [4.78, 5) is 39.6. The minimum Gasteiger partial charge on any atom is -0.459 e. The van der Waals surface area contributed by atoms with E-state index in [0.29, 0.717) is 24.1 Å². The monoisotopic (exact) mass is 389 g/mol. The van der Waals surface area contributed by atoms with Crippen LogP contribution >= 0.6 is 0 Å². The Kier molecular flexibility index (Phi) is 6.84. The number of ether oxygens (including phenoxy) is 2. The highest BCUT2D eigenvalue weighted by molar-refractivity contribution is 5.99. The molecule has 0 atom stereocenters. The van der Waals surface area contributed by atoms with Crippen molar-refractivity contribution in [3.63, 3.8) is 0 Å². The van der Waals surface area contributed by atoms with E-state index in [1.807, 2.05) is 0 Å². The second-order valence-corrected chi connectivity index (χ2v) is 7.46. The number of carbonyl (C=O) groups excluding carboxylic acids is 3. The highest BCUT2D eigenvalue weighted by Crippen LogP contribution is 2.27. The molecule has 1 aliphatic carbocycles. The van der Waals surface area contributed by atoms with Gasteiger partial charge in [-0.3, -0.25) is 4.79 Å². The number of carbonyl (C=O) groups is 3. The minimum atomic E-state index is -0.881. The topological polar surface area (TPSA) is 121 Å². The van der Waals surface area contributed by atoms with E-state index in [9.17, 15) is 19.6 Å². The zero-order valence-electron chi connectivity index (χ0n) is 16.8. The molecular formula is C20H27N3O5. The molecule has 0 bridgehead atoms. The van der Waals surface area contributed by atoms with Crippen LogP contribution in [0.1, 0.15) is 78.1 Å². The van der Waals surface area contributed by atoms with Crippen LogP contribution < -0.4 is 5.32 Å². The highest BCUT2D eigenvalue weighted by atomic mass is 16.5. The highest BCUT2D eigenvalue weighted by Gasteiger charge is 2.34. The number of amides is 1. The first-order valence-corrected chi connectivity index (χ1v) is 9.48. The molecule has 1 heterocycles. The van der Waals surface area contributed by atoms with Gasteiger partial charge in [0.1, 0.15) is 11.2 Å². The predicted octanol–water partition coefficient (Wildman–Crippen LogP) is 2.70. The summed E-state index contributed by atoms with van der Waals surface area (Å²) in [5.74, 6) is -1.78. The maximum Gasteiger partial charge on any atom is 0.355 e. The fraction of sp³-hybridized carbons (Fsp3) is 0.600. The molecule has 1 aromatic rings. The van der Waals surface area contributed by atoms with E-state index in [0.717, 1.165) is 19.3 Å². The zero-order valence-corrected chi connectivity index (χ0v) is 16.8. The molecule has 8 heteroatoms. The van der Waals surface area contributed by atoms with Crippen molar-refractivity contribution in [2.45, 2.75) is 71.4 Å². The first kappa shape index (κ1) is 21.5. The number of nitriles is 1. The molecule has 1 aromatic heterocycles. The third kappa shape index (κ3) is 4.91. The zero-order chi connectivity index (χ0) is 20.9. The van der Waals surface area contributed by atoms with Gasteiger partial charge in [-0.05, 0) is 46.1 Å². The van der Waals surface area contributed by atoms with E-state index in [2.05, 4.69) is 16.4 Å². The van der Waals surface area contributed by atoms with Crippen LogP contribution in [-0.2, 0) is 14.3 Å². The molecule has 28 heavy (non-hydrogen) atoms. The van der Waals surface area contributed by atoms with Crippen molar-refractivity contribution in [1.82, 2.24) is 10.3 Å². The predicted molar refractivity (Wildman–Crippen MR) is 101 cm³/mol. The Bertz CT molecular complexity index is 797. The SMILES string of the molecule is Cc1[nH]c(C(=O)OCC(=O)NC2(C#N)CCCCC2)c(C)c1C(=O)OC(C)C. The van der Waals surface area contributed by atoms with Crippen molar-refractivity contribution >= 4 is 17.8 Å². The number of nitrogens with one attached hydrogen (secondary N) is 2. The Morgan fingerprint density at radius 2 is 1.82 bits per heavy atom. The molecule has 0 saturated heterocycles. The molecule has 0 unspecified atom stereocenters. The summed E-state index contributed by atoms with van der Waals surface area (Å²) in [7, 11) is 0. The quantitative estimate of drug-likeness (QED) is 0.722. The number of hydrogen-bond donors (Lipinski definition) is 2. The molecule has 8 nitrogen and oxygen atoms in total.